The minimum absolute atomic E-state index is 0.0711. The molecule has 124 valence electrons. The van der Waals surface area contributed by atoms with Gasteiger partial charge in [-0.25, -0.2) is 0 Å². The van der Waals surface area contributed by atoms with E-state index in [2.05, 4.69) is 10.1 Å². The van der Waals surface area contributed by atoms with Crippen molar-refractivity contribution in [2.45, 2.75) is 0 Å². The third-order valence-electron chi connectivity index (χ3n) is 3.03. The Kier molecular flexibility index (Phi) is 5.45. The fourth-order valence-electron chi connectivity index (χ4n) is 1.88. The van der Waals surface area contributed by atoms with Gasteiger partial charge in [-0.05, 0) is 24.3 Å². The van der Waals surface area contributed by atoms with E-state index >= 15 is 0 Å². The number of nitro benzene ring substituents is 1. The summed E-state index contributed by atoms with van der Waals surface area (Å²) in [5.41, 5.74) is 0.274. The molecule has 1 amide bonds. The number of ether oxygens (including phenoxy) is 1. The lowest BCUT2D eigenvalue weighted by molar-refractivity contribution is -0.384. The molecule has 0 saturated carbocycles. The molecule has 0 saturated heterocycles. The van der Waals surface area contributed by atoms with Crippen LogP contribution >= 0.6 is 0 Å². The van der Waals surface area contributed by atoms with Gasteiger partial charge in [0, 0.05) is 12.1 Å². The van der Waals surface area contributed by atoms with E-state index < -0.39 is 16.8 Å². The molecular weight excluding hydrogens is 316 g/mol. The summed E-state index contributed by atoms with van der Waals surface area (Å²) < 4.78 is 9.89. The molecule has 0 radical (unpaired) electrons. The Morgan fingerprint density at radius 2 is 2.04 bits per heavy atom. The second-order valence-electron chi connectivity index (χ2n) is 4.60. The number of hydrogen-bond acceptors (Lipinski definition) is 6. The monoisotopic (exact) mass is 330 g/mol. The summed E-state index contributed by atoms with van der Waals surface area (Å²) >= 11 is 0. The van der Waals surface area contributed by atoms with Gasteiger partial charge in [0.05, 0.1) is 17.6 Å². The summed E-state index contributed by atoms with van der Waals surface area (Å²) in [4.78, 5) is 33.0. The summed E-state index contributed by atoms with van der Waals surface area (Å²) in [5, 5.41) is 13.4. The molecule has 0 unspecified atom stereocenters. The number of furan rings is 1. The maximum Gasteiger partial charge on any atom is 0.325 e. The third-order valence-corrected chi connectivity index (χ3v) is 3.03. The molecule has 0 aliphatic carbocycles. The lowest BCUT2D eigenvalue weighted by atomic mass is 10.1. The van der Waals surface area contributed by atoms with Gasteiger partial charge in [0.2, 0.25) is 5.91 Å². The first-order valence-electron chi connectivity index (χ1n) is 6.87. The predicted octanol–water partition coefficient (Wildman–Crippen LogP) is 2.16. The zero-order valence-electron chi connectivity index (χ0n) is 12.7. The number of para-hydroxylation sites is 1. The van der Waals surface area contributed by atoms with E-state index in [1.165, 1.54) is 25.3 Å². The number of benzene rings is 1. The number of hydrogen-bond donors (Lipinski definition) is 1. The van der Waals surface area contributed by atoms with E-state index in [0.717, 1.165) is 0 Å². The Hall–Kier alpha value is -3.42. The van der Waals surface area contributed by atoms with E-state index in [-0.39, 0.29) is 12.2 Å². The van der Waals surface area contributed by atoms with Crippen molar-refractivity contribution in [1.82, 2.24) is 5.32 Å². The van der Waals surface area contributed by atoms with Gasteiger partial charge >= 0.3 is 5.97 Å². The number of nitro groups is 1. The van der Waals surface area contributed by atoms with Crippen molar-refractivity contribution in [3.8, 4) is 11.3 Å². The van der Waals surface area contributed by atoms with Gasteiger partial charge < -0.3 is 14.5 Å². The van der Waals surface area contributed by atoms with Gasteiger partial charge in [0.25, 0.3) is 5.69 Å². The molecular formula is C16H14N2O6. The summed E-state index contributed by atoms with van der Waals surface area (Å²) in [6.45, 7) is -0.237. The maximum absolute atomic E-state index is 11.5. The fraction of sp³-hybridized carbons (Fsp3) is 0.125. The van der Waals surface area contributed by atoms with Crippen LogP contribution in [0.1, 0.15) is 5.76 Å². The van der Waals surface area contributed by atoms with E-state index in [1.54, 1.807) is 30.3 Å². The first kappa shape index (κ1) is 16.9. The highest BCUT2D eigenvalue weighted by Crippen LogP contribution is 2.31. The topological polar surface area (TPSA) is 112 Å². The minimum atomic E-state index is -0.562. The van der Waals surface area contributed by atoms with Gasteiger partial charge in [-0.15, -0.1) is 0 Å². The minimum Gasteiger partial charge on any atom is -0.468 e. The molecule has 1 heterocycles. The lowest BCUT2D eigenvalue weighted by Crippen LogP contribution is -2.28. The van der Waals surface area contributed by atoms with Crippen LogP contribution < -0.4 is 5.32 Å². The summed E-state index contributed by atoms with van der Waals surface area (Å²) in [6, 6.07) is 9.35. The van der Waals surface area contributed by atoms with Crippen molar-refractivity contribution in [2.24, 2.45) is 0 Å². The van der Waals surface area contributed by atoms with Crippen molar-refractivity contribution < 1.29 is 23.7 Å². The highest BCUT2D eigenvalue weighted by molar-refractivity contribution is 5.93. The van der Waals surface area contributed by atoms with Crippen LogP contribution in [0.4, 0.5) is 5.69 Å². The molecule has 0 atom stereocenters. The van der Waals surface area contributed by atoms with Crippen LogP contribution in [0.25, 0.3) is 17.4 Å². The number of carbonyl (C=O) groups is 2. The molecule has 1 aromatic heterocycles. The standard InChI is InChI=1S/C16H14N2O6/c1-23-16(20)10-17-15(19)9-7-11-6-8-14(24-11)12-4-2-3-5-13(12)18(21)22/h2-9H,10H2,1H3,(H,17,19)/b9-7+. The number of amides is 1. The maximum atomic E-state index is 11.5. The number of nitrogens with zero attached hydrogens (tertiary/aromatic N) is 1. The predicted molar refractivity (Wildman–Crippen MR) is 84.9 cm³/mol. The Labute approximate surface area is 136 Å². The number of methoxy groups -OCH3 is 1. The normalized spacial score (nSPS) is 10.5. The van der Waals surface area contributed by atoms with E-state index in [0.29, 0.717) is 17.1 Å². The van der Waals surface area contributed by atoms with Crippen molar-refractivity contribution in [3.05, 3.63) is 58.3 Å². The lowest BCUT2D eigenvalue weighted by Gasteiger charge is -1.99. The van der Waals surface area contributed by atoms with Crippen LogP contribution in [0.2, 0.25) is 0 Å². The molecule has 8 heteroatoms. The van der Waals surface area contributed by atoms with Gasteiger partial charge in [0.15, 0.2) is 0 Å². The number of esters is 1. The molecule has 0 aliphatic heterocycles. The zero-order chi connectivity index (χ0) is 17.5. The molecule has 2 rings (SSSR count). The van der Waals surface area contributed by atoms with E-state index in [1.807, 2.05) is 0 Å². The fourth-order valence-corrected chi connectivity index (χ4v) is 1.88. The smallest absolute Gasteiger partial charge is 0.325 e. The largest absolute Gasteiger partial charge is 0.468 e. The molecule has 1 N–H and O–H groups in total. The quantitative estimate of drug-likeness (QED) is 0.376. The molecule has 0 fully saturated rings. The second-order valence-corrected chi connectivity index (χ2v) is 4.60. The Balaban J connectivity index is 2.09. The van der Waals surface area contributed by atoms with Crippen LogP contribution in [0.3, 0.4) is 0 Å². The first-order valence-corrected chi connectivity index (χ1v) is 6.87. The molecule has 0 bridgehead atoms. The number of carbonyl (C=O) groups excluding carboxylic acids is 2. The summed E-state index contributed by atoms with van der Waals surface area (Å²) in [6.07, 6.45) is 2.58. The SMILES string of the molecule is COC(=O)CNC(=O)/C=C/c1ccc(-c2ccccc2[N+](=O)[O-])o1. The van der Waals surface area contributed by atoms with Crippen molar-refractivity contribution >= 4 is 23.6 Å². The molecule has 2 aromatic rings. The summed E-state index contributed by atoms with van der Waals surface area (Å²) in [7, 11) is 1.22. The van der Waals surface area contributed by atoms with Crippen LogP contribution in [-0.2, 0) is 14.3 Å². The van der Waals surface area contributed by atoms with E-state index in [4.69, 9.17) is 4.42 Å². The highest BCUT2D eigenvalue weighted by Gasteiger charge is 2.16. The average Bonchev–Trinajstić information content (AvgIpc) is 3.06. The van der Waals surface area contributed by atoms with Gasteiger partial charge in [0.1, 0.15) is 18.1 Å². The second kappa shape index (κ2) is 7.73. The Morgan fingerprint density at radius 1 is 1.29 bits per heavy atom. The molecule has 8 nitrogen and oxygen atoms in total. The third kappa shape index (κ3) is 4.29. The molecule has 0 aliphatic rings. The average molecular weight is 330 g/mol. The van der Waals surface area contributed by atoms with Crippen molar-refractivity contribution in [1.29, 1.82) is 0 Å². The van der Waals surface area contributed by atoms with Crippen LogP contribution in [0, 0.1) is 10.1 Å². The van der Waals surface area contributed by atoms with Crippen LogP contribution in [-0.4, -0.2) is 30.5 Å². The first-order chi connectivity index (χ1) is 11.5. The van der Waals surface area contributed by atoms with Gasteiger partial charge in [-0.3, -0.25) is 19.7 Å². The number of nitrogens with one attached hydrogen (secondary N) is 1. The van der Waals surface area contributed by atoms with Crippen molar-refractivity contribution in [3.63, 3.8) is 0 Å². The van der Waals surface area contributed by atoms with Crippen LogP contribution in [0.15, 0.2) is 46.9 Å². The molecule has 0 spiro atoms. The van der Waals surface area contributed by atoms with E-state index in [9.17, 15) is 19.7 Å². The highest BCUT2D eigenvalue weighted by atomic mass is 16.6. The van der Waals surface area contributed by atoms with Crippen LogP contribution in [0.5, 0.6) is 0 Å². The summed E-state index contributed by atoms with van der Waals surface area (Å²) in [5.74, 6) is -0.397. The molecule has 1 aromatic carbocycles. The van der Waals surface area contributed by atoms with Gasteiger partial charge in [-0.1, -0.05) is 12.1 Å². The Bertz CT molecular complexity index is 793. The zero-order valence-corrected chi connectivity index (χ0v) is 12.7. The Morgan fingerprint density at radius 3 is 2.75 bits per heavy atom. The number of rotatable bonds is 6. The van der Waals surface area contributed by atoms with Crippen molar-refractivity contribution in [2.75, 3.05) is 13.7 Å². The van der Waals surface area contributed by atoms with Gasteiger partial charge in [-0.2, -0.15) is 0 Å². The molecule has 24 heavy (non-hydrogen) atoms.